The van der Waals surface area contributed by atoms with Gasteiger partial charge in [-0.2, -0.15) is 5.10 Å². The topological polar surface area (TPSA) is 95.1 Å². The van der Waals surface area contributed by atoms with Crippen LogP contribution in [-0.2, 0) is 24.1 Å². The summed E-state index contributed by atoms with van der Waals surface area (Å²) in [6, 6.07) is 1.72. The van der Waals surface area contributed by atoms with Gasteiger partial charge in [0.25, 0.3) is 0 Å². The first-order valence-electron chi connectivity index (χ1n) is 6.81. The molecule has 0 atom stereocenters. The van der Waals surface area contributed by atoms with Gasteiger partial charge in [-0.3, -0.25) is 9.89 Å². The number of rotatable bonds is 4. The van der Waals surface area contributed by atoms with Crippen LogP contribution in [0.5, 0.6) is 0 Å². The molecule has 21 heavy (non-hydrogen) atoms. The minimum absolute atomic E-state index is 0.154. The van der Waals surface area contributed by atoms with E-state index >= 15 is 0 Å². The van der Waals surface area contributed by atoms with Gasteiger partial charge in [-0.25, -0.2) is 4.79 Å². The molecule has 0 radical (unpaired) electrons. The lowest BCUT2D eigenvalue weighted by molar-refractivity contribution is -0.115. The first-order valence-corrected chi connectivity index (χ1v) is 7.62. The van der Waals surface area contributed by atoms with Crippen LogP contribution in [0.15, 0.2) is 12.3 Å². The Hall–Kier alpha value is -2.15. The maximum atomic E-state index is 12.0. The fourth-order valence-electron chi connectivity index (χ4n) is 2.61. The molecule has 2 heterocycles. The molecule has 0 unspecified atom stereocenters. The van der Waals surface area contributed by atoms with E-state index < -0.39 is 5.97 Å². The zero-order valence-corrected chi connectivity index (χ0v) is 12.1. The summed E-state index contributed by atoms with van der Waals surface area (Å²) in [7, 11) is 0. The number of amides is 1. The lowest BCUT2D eigenvalue weighted by atomic mass is 9.95. The van der Waals surface area contributed by atoms with Gasteiger partial charge in [0.1, 0.15) is 5.00 Å². The highest BCUT2D eigenvalue weighted by Gasteiger charge is 2.25. The van der Waals surface area contributed by atoms with Crippen LogP contribution in [0.2, 0.25) is 0 Å². The van der Waals surface area contributed by atoms with Crippen molar-refractivity contribution < 1.29 is 14.7 Å². The number of carboxylic acids is 1. The molecule has 0 aromatic carbocycles. The van der Waals surface area contributed by atoms with E-state index in [0.717, 1.165) is 36.1 Å². The van der Waals surface area contributed by atoms with Gasteiger partial charge in [0.05, 0.1) is 12.0 Å². The number of nitrogens with one attached hydrogen (secondary N) is 2. The zero-order valence-electron chi connectivity index (χ0n) is 11.3. The zero-order chi connectivity index (χ0) is 14.8. The quantitative estimate of drug-likeness (QED) is 0.807. The Kier molecular flexibility index (Phi) is 3.74. The number of H-pyrrole nitrogens is 1. The Morgan fingerprint density at radius 1 is 1.38 bits per heavy atom. The van der Waals surface area contributed by atoms with Crippen molar-refractivity contribution in [1.29, 1.82) is 0 Å². The van der Waals surface area contributed by atoms with Crippen molar-refractivity contribution in [2.75, 3.05) is 5.32 Å². The van der Waals surface area contributed by atoms with E-state index in [4.69, 9.17) is 0 Å². The molecule has 0 aliphatic heterocycles. The lowest BCUT2D eigenvalue weighted by Crippen LogP contribution is -2.16. The molecule has 1 aliphatic carbocycles. The van der Waals surface area contributed by atoms with Crippen LogP contribution >= 0.6 is 11.3 Å². The van der Waals surface area contributed by atoms with Crippen molar-refractivity contribution in [3.8, 4) is 0 Å². The molecule has 3 rings (SSSR count). The van der Waals surface area contributed by atoms with Gasteiger partial charge in [0, 0.05) is 16.8 Å². The predicted molar refractivity (Wildman–Crippen MR) is 78.8 cm³/mol. The highest BCUT2D eigenvalue weighted by Crippen LogP contribution is 2.38. The van der Waals surface area contributed by atoms with E-state index in [0.29, 0.717) is 10.7 Å². The summed E-state index contributed by atoms with van der Waals surface area (Å²) < 4.78 is 0. The monoisotopic (exact) mass is 305 g/mol. The molecule has 0 bridgehead atoms. The second kappa shape index (κ2) is 5.69. The Labute approximate surface area is 125 Å². The minimum Gasteiger partial charge on any atom is -0.478 e. The molecule has 2 aromatic rings. The second-order valence-corrected chi connectivity index (χ2v) is 6.13. The van der Waals surface area contributed by atoms with Crippen molar-refractivity contribution in [2.24, 2.45) is 0 Å². The van der Waals surface area contributed by atoms with Gasteiger partial charge in [-0.05, 0) is 37.3 Å². The van der Waals surface area contributed by atoms with Crippen molar-refractivity contribution in [3.05, 3.63) is 34.0 Å². The number of aromatic amines is 1. The molecular formula is C14H15N3O3S. The number of nitrogens with zero attached hydrogens (tertiary/aromatic N) is 1. The maximum Gasteiger partial charge on any atom is 0.339 e. The van der Waals surface area contributed by atoms with Gasteiger partial charge < -0.3 is 10.4 Å². The molecule has 0 saturated carbocycles. The maximum absolute atomic E-state index is 12.0. The van der Waals surface area contributed by atoms with Crippen molar-refractivity contribution in [2.45, 2.75) is 32.1 Å². The number of anilines is 1. The Morgan fingerprint density at radius 3 is 2.90 bits per heavy atom. The van der Waals surface area contributed by atoms with Crippen LogP contribution in [0.3, 0.4) is 0 Å². The van der Waals surface area contributed by atoms with E-state index in [1.54, 1.807) is 12.3 Å². The molecule has 7 heteroatoms. The summed E-state index contributed by atoms with van der Waals surface area (Å²) in [4.78, 5) is 24.6. The summed E-state index contributed by atoms with van der Waals surface area (Å²) in [6.07, 6.45) is 5.50. The summed E-state index contributed by atoms with van der Waals surface area (Å²) in [5.74, 6) is -1.20. The van der Waals surface area contributed by atoms with E-state index in [-0.39, 0.29) is 17.9 Å². The second-order valence-electron chi connectivity index (χ2n) is 5.03. The van der Waals surface area contributed by atoms with Crippen molar-refractivity contribution in [3.63, 3.8) is 0 Å². The molecule has 0 spiro atoms. The molecule has 0 fully saturated rings. The van der Waals surface area contributed by atoms with Gasteiger partial charge >= 0.3 is 5.97 Å². The predicted octanol–water partition coefficient (Wildman–Crippen LogP) is 2.23. The molecule has 2 aromatic heterocycles. The summed E-state index contributed by atoms with van der Waals surface area (Å²) in [5, 5.41) is 19.1. The standard InChI is InChI=1S/C14H15N3O3S/c18-11(7-8-5-6-15-17-8)16-13-12(14(19)20)9-3-1-2-4-10(9)21-13/h5-6H,1-4,7H2,(H,15,17)(H,16,18)(H,19,20). The van der Waals surface area contributed by atoms with Crippen LogP contribution in [0.4, 0.5) is 5.00 Å². The van der Waals surface area contributed by atoms with E-state index in [9.17, 15) is 14.7 Å². The number of thiophene rings is 1. The number of aromatic carboxylic acids is 1. The van der Waals surface area contributed by atoms with Crippen molar-refractivity contribution in [1.82, 2.24) is 10.2 Å². The average molecular weight is 305 g/mol. The fourth-order valence-corrected chi connectivity index (χ4v) is 3.90. The number of hydrogen-bond donors (Lipinski definition) is 3. The summed E-state index contributed by atoms with van der Waals surface area (Å²) in [6.45, 7) is 0. The fraction of sp³-hybridized carbons (Fsp3) is 0.357. The number of hydrogen-bond acceptors (Lipinski definition) is 4. The first kappa shape index (κ1) is 13.8. The first-order chi connectivity index (χ1) is 10.1. The van der Waals surface area contributed by atoms with Gasteiger partial charge in [-0.15, -0.1) is 11.3 Å². The van der Waals surface area contributed by atoms with E-state index in [1.807, 2.05) is 0 Å². The Balaban J connectivity index is 1.83. The van der Waals surface area contributed by atoms with Crippen LogP contribution in [-0.4, -0.2) is 27.2 Å². The molecule has 1 aliphatic rings. The van der Waals surface area contributed by atoms with E-state index in [1.165, 1.54) is 11.3 Å². The van der Waals surface area contributed by atoms with Crippen LogP contribution in [0.1, 0.15) is 39.3 Å². The average Bonchev–Trinajstić information content (AvgIpc) is 3.04. The molecule has 1 amide bonds. The molecule has 0 saturated heterocycles. The summed E-state index contributed by atoms with van der Waals surface area (Å²) in [5.41, 5.74) is 1.87. The number of fused-ring (bicyclic) bond motifs is 1. The number of carbonyl (C=O) groups is 2. The third-order valence-electron chi connectivity index (χ3n) is 3.55. The number of carboxylic acid groups (broad SMARTS) is 1. The molecular weight excluding hydrogens is 290 g/mol. The largest absolute Gasteiger partial charge is 0.478 e. The van der Waals surface area contributed by atoms with Crippen LogP contribution in [0, 0.1) is 0 Å². The molecule has 6 nitrogen and oxygen atoms in total. The van der Waals surface area contributed by atoms with Gasteiger partial charge in [-0.1, -0.05) is 0 Å². The van der Waals surface area contributed by atoms with Crippen LogP contribution in [0.25, 0.3) is 0 Å². The number of aromatic nitrogens is 2. The number of aryl methyl sites for hydroxylation is 1. The van der Waals surface area contributed by atoms with Gasteiger partial charge in [0.15, 0.2) is 0 Å². The Morgan fingerprint density at radius 2 is 2.19 bits per heavy atom. The van der Waals surface area contributed by atoms with Crippen molar-refractivity contribution >= 4 is 28.2 Å². The highest BCUT2D eigenvalue weighted by atomic mass is 32.1. The van der Waals surface area contributed by atoms with E-state index in [2.05, 4.69) is 15.5 Å². The SMILES string of the molecule is O=C(Cc1ccn[nH]1)Nc1sc2c(c1C(=O)O)CCCC2. The normalized spacial score (nSPS) is 13.7. The third-order valence-corrected chi connectivity index (χ3v) is 4.75. The van der Waals surface area contributed by atoms with Crippen LogP contribution < -0.4 is 5.32 Å². The lowest BCUT2D eigenvalue weighted by Gasteiger charge is -2.10. The summed E-state index contributed by atoms with van der Waals surface area (Å²) >= 11 is 1.39. The highest BCUT2D eigenvalue weighted by molar-refractivity contribution is 7.17. The third kappa shape index (κ3) is 2.82. The Bertz CT molecular complexity index is 676. The minimum atomic E-state index is -0.966. The molecule has 110 valence electrons. The smallest absolute Gasteiger partial charge is 0.339 e. The number of carbonyl (C=O) groups excluding carboxylic acids is 1. The van der Waals surface area contributed by atoms with Gasteiger partial charge in [0.2, 0.25) is 5.91 Å². The molecule has 3 N–H and O–H groups in total.